The van der Waals surface area contributed by atoms with Gasteiger partial charge >= 0.3 is 0 Å². The molecule has 1 fully saturated rings. The summed E-state index contributed by atoms with van der Waals surface area (Å²) < 4.78 is 23.1. The number of aromatic nitrogens is 1. The maximum absolute atomic E-state index is 15.4. The van der Waals surface area contributed by atoms with E-state index in [9.17, 15) is 14.7 Å². The predicted molar refractivity (Wildman–Crippen MR) is 130 cm³/mol. The van der Waals surface area contributed by atoms with Gasteiger partial charge in [-0.3, -0.25) is 9.59 Å². The van der Waals surface area contributed by atoms with Crippen molar-refractivity contribution in [3.05, 3.63) is 46.0 Å². The van der Waals surface area contributed by atoms with Gasteiger partial charge in [-0.2, -0.15) is 0 Å². The number of Topliss-reactive ketones (excluding diaryl/α,β-unsaturated/α-hetero) is 1. The van der Waals surface area contributed by atoms with Crippen LogP contribution in [0.3, 0.4) is 0 Å². The van der Waals surface area contributed by atoms with Crippen LogP contribution in [0.2, 0.25) is 0 Å². The van der Waals surface area contributed by atoms with Gasteiger partial charge in [-0.05, 0) is 62.5 Å². The lowest BCUT2D eigenvalue weighted by Gasteiger charge is -2.36. The Morgan fingerprint density at radius 1 is 1.17 bits per heavy atom. The molecule has 3 aliphatic rings. The summed E-state index contributed by atoms with van der Waals surface area (Å²) in [6, 6.07) is 3.12. The Hall–Kier alpha value is -2.71. The number of hydrogen-bond acceptors (Lipinski definition) is 5. The van der Waals surface area contributed by atoms with Gasteiger partial charge in [-0.15, -0.1) is 0 Å². The molecule has 2 aliphatic carbocycles. The molecule has 0 bridgehead atoms. The molecule has 1 aliphatic heterocycles. The van der Waals surface area contributed by atoms with Crippen LogP contribution in [0.5, 0.6) is 0 Å². The number of carbonyl (C=O) groups excluding carboxylic acids is 2. The van der Waals surface area contributed by atoms with Crippen LogP contribution in [0.1, 0.15) is 96.5 Å². The van der Waals surface area contributed by atoms with E-state index < -0.39 is 11.7 Å². The summed E-state index contributed by atoms with van der Waals surface area (Å²) in [5.41, 5.74) is 9.62. The van der Waals surface area contributed by atoms with Gasteiger partial charge in [0, 0.05) is 29.3 Å². The molecule has 7 nitrogen and oxygen atoms in total. The summed E-state index contributed by atoms with van der Waals surface area (Å²) >= 11 is 0. The quantitative estimate of drug-likeness (QED) is 0.565. The lowest BCUT2D eigenvalue weighted by atomic mass is 9.69. The third-order valence-electron chi connectivity index (χ3n) is 8.46. The van der Waals surface area contributed by atoms with E-state index >= 15 is 4.39 Å². The van der Waals surface area contributed by atoms with Gasteiger partial charge in [0.1, 0.15) is 5.82 Å². The molecule has 0 radical (unpaired) electrons. The van der Waals surface area contributed by atoms with Crippen LogP contribution in [0.4, 0.5) is 10.1 Å². The minimum atomic E-state index is -0.832. The van der Waals surface area contributed by atoms with Crippen molar-refractivity contribution >= 4 is 17.4 Å². The number of rotatable bonds is 6. The minimum Gasteiger partial charge on any atom is -0.393 e. The van der Waals surface area contributed by atoms with Crippen LogP contribution in [0.25, 0.3) is 5.69 Å². The fourth-order valence-electron chi connectivity index (χ4n) is 6.22. The van der Waals surface area contributed by atoms with Crippen LogP contribution in [-0.2, 0) is 24.4 Å². The number of nitrogens with one attached hydrogen (secondary N) is 1. The second kappa shape index (κ2) is 9.06. The van der Waals surface area contributed by atoms with E-state index in [4.69, 9.17) is 10.5 Å². The number of primary amides is 1. The van der Waals surface area contributed by atoms with Crippen LogP contribution in [0.15, 0.2) is 12.1 Å². The standard InChI is InChI=1S/C27H34FN3O4/c1-3-27(4-2)11-21-24(23(33)12-27)18-13-35-14-22(18)31(21)16-9-19(28)25(26(29)34)20(10-16)30-15-5-7-17(32)8-6-15/h9-10,15,17,30,32H,3-8,11-14H2,1-2H3,(H2,29,34)/t15-,17-. The van der Waals surface area contributed by atoms with Gasteiger partial charge in [0.05, 0.1) is 41.9 Å². The van der Waals surface area contributed by atoms with Crippen molar-refractivity contribution in [2.24, 2.45) is 11.1 Å². The topological polar surface area (TPSA) is 107 Å². The van der Waals surface area contributed by atoms with E-state index in [0.717, 1.165) is 54.6 Å². The van der Waals surface area contributed by atoms with Crippen molar-refractivity contribution in [1.82, 2.24) is 4.57 Å². The van der Waals surface area contributed by atoms with Gasteiger partial charge in [-0.25, -0.2) is 4.39 Å². The number of ether oxygens (including phenoxy) is 1. The molecule has 0 unspecified atom stereocenters. The third-order valence-corrected chi connectivity index (χ3v) is 8.46. The predicted octanol–water partition coefficient (Wildman–Crippen LogP) is 4.40. The van der Waals surface area contributed by atoms with E-state index in [1.807, 2.05) is 4.57 Å². The number of nitrogens with two attached hydrogens (primary N) is 1. The maximum Gasteiger partial charge on any atom is 0.253 e. The first-order chi connectivity index (χ1) is 16.8. The summed E-state index contributed by atoms with van der Waals surface area (Å²) in [6.45, 7) is 4.97. The zero-order valence-electron chi connectivity index (χ0n) is 20.5. The lowest BCUT2D eigenvalue weighted by Crippen LogP contribution is -2.32. The van der Waals surface area contributed by atoms with Crippen molar-refractivity contribution in [2.45, 2.75) is 90.6 Å². The van der Waals surface area contributed by atoms with Crippen LogP contribution in [-0.4, -0.2) is 33.5 Å². The van der Waals surface area contributed by atoms with Gasteiger partial charge < -0.3 is 25.5 Å². The normalized spacial score (nSPS) is 23.1. The number of ketones is 1. The number of aliphatic hydroxyl groups excluding tert-OH is 1. The van der Waals surface area contributed by atoms with Crippen LogP contribution in [0, 0.1) is 11.2 Å². The van der Waals surface area contributed by atoms with Crippen LogP contribution < -0.4 is 11.1 Å². The molecule has 1 amide bonds. The van der Waals surface area contributed by atoms with Gasteiger partial charge in [0.2, 0.25) is 0 Å². The average molecular weight is 484 g/mol. The van der Waals surface area contributed by atoms with Crippen molar-refractivity contribution in [1.29, 1.82) is 0 Å². The molecule has 0 saturated heterocycles. The average Bonchev–Trinajstić information content (AvgIpc) is 3.40. The number of amides is 1. The van der Waals surface area contributed by atoms with Crippen molar-refractivity contribution in [2.75, 3.05) is 5.32 Å². The Bertz CT molecular complexity index is 1180. The van der Waals surface area contributed by atoms with E-state index in [1.54, 1.807) is 6.07 Å². The summed E-state index contributed by atoms with van der Waals surface area (Å²) in [6.07, 6.45) is 5.44. The summed E-state index contributed by atoms with van der Waals surface area (Å²) in [7, 11) is 0. The van der Waals surface area contributed by atoms with Gasteiger partial charge in [-0.1, -0.05) is 13.8 Å². The molecule has 1 saturated carbocycles. The van der Waals surface area contributed by atoms with E-state index in [1.165, 1.54) is 6.07 Å². The lowest BCUT2D eigenvalue weighted by molar-refractivity contribution is 0.0858. The van der Waals surface area contributed by atoms with Gasteiger partial charge in [0.15, 0.2) is 5.78 Å². The molecule has 2 heterocycles. The molecule has 5 rings (SSSR count). The molecular weight excluding hydrogens is 449 g/mol. The summed E-state index contributed by atoms with van der Waals surface area (Å²) in [5, 5.41) is 13.2. The van der Waals surface area contributed by atoms with Crippen LogP contribution >= 0.6 is 0 Å². The highest BCUT2D eigenvalue weighted by Gasteiger charge is 2.42. The molecule has 0 atom stereocenters. The number of hydrogen-bond donors (Lipinski definition) is 3. The van der Waals surface area contributed by atoms with Crippen molar-refractivity contribution in [3.63, 3.8) is 0 Å². The Morgan fingerprint density at radius 2 is 1.89 bits per heavy atom. The number of halogens is 1. The first-order valence-electron chi connectivity index (χ1n) is 12.7. The fourth-order valence-corrected chi connectivity index (χ4v) is 6.22. The molecule has 8 heteroatoms. The number of nitrogens with zero attached hydrogens (tertiary/aromatic N) is 1. The smallest absolute Gasteiger partial charge is 0.253 e. The molecule has 0 spiro atoms. The zero-order chi connectivity index (χ0) is 24.9. The first kappa shape index (κ1) is 24.0. The SMILES string of the molecule is CCC1(CC)CC(=O)c2c3c(n(-c4cc(F)c(C(N)=O)c(N[C@H]5CC[C@H](O)CC5)c4)c2C1)COC3. The molecule has 188 valence electrons. The number of fused-ring (bicyclic) bond motifs is 3. The second-order valence-electron chi connectivity index (χ2n) is 10.4. The number of carbonyl (C=O) groups is 2. The Morgan fingerprint density at radius 3 is 2.54 bits per heavy atom. The highest BCUT2D eigenvalue weighted by molar-refractivity contribution is 6.01. The first-order valence-corrected chi connectivity index (χ1v) is 12.7. The van der Waals surface area contributed by atoms with Gasteiger partial charge in [0.25, 0.3) is 5.91 Å². The second-order valence-corrected chi connectivity index (χ2v) is 10.4. The van der Waals surface area contributed by atoms with Crippen molar-refractivity contribution < 1.29 is 23.8 Å². The highest BCUT2D eigenvalue weighted by atomic mass is 19.1. The van der Waals surface area contributed by atoms with Crippen molar-refractivity contribution in [3.8, 4) is 5.69 Å². The Balaban J connectivity index is 1.64. The van der Waals surface area contributed by atoms with E-state index in [0.29, 0.717) is 43.9 Å². The molecular formula is C27H34FN3O4. The highest BCUT2D eigenvalue weighted by Crippen LogP contribution is 2.46. The van der Waals surface area contributed by atoms with E-state index in [-0.39, 0.29) is 28.9 Å². The number of aliphatic hydroxyl groups is 1. The molecule has 1 aromatic carbocycles. The van der Waals surface area contributed by atoms with E-state index in [2.05, 4.69) is 19.2 Å². The summed E-state index contributed by atoms with van der Waals surface area (Å²) in [5.74, 6) is -1.40. The Kier molecular flexibility index (Phi) is 6.21. The zero-order valence-corrected chi connectivity index (χ0v) is 20.5. The monoisotopic (exact) mass is 483 g/mol. The third kappa shape index (κ3) is 4.06. The molecule has 4 N–H and O–H groups in total. The number of benzene rings is 1. The Labute approximate surface area is 204 Å². The molecule has 2 aromatic rings. The maximum atomic E-state index is 15.4. The molecule has 1 aromatic heterocycles. The minimum absolute atomic E-state index is 0.00758. The largest absolute Gasteiger partial charge is 0.393 e. The molecule has 35 heavy (non-hydrogen) atoms. The number of anilines is 1. The summed E-state index contributed by atoms with van der Waals surface area (Å²) in [4.78, 5) is 25.5. The fraction of sp³-hybridized carbons (Fsp3) is 0.556.